The predicted molar refractivity (Wildman–Crippen MR) is 119 cm³/mol. The molecule has 3 heterocycles. The lowest BCUT2D eigenvalue weighted by Crippen LogP contribution is -2.55. The number of amides is 3. The van der Waals surface area contributed by atoms with Gasteiger partial charge in [-0.25, -0.2) is 4.79 Å². The number of likely N-dealkylation sites (N-methyl/N-ethyl adjacent to an activating group) is 1. The lowest BCUT2D eigenvalue weighted by molar-refractivity contribution is -0.135. The third kappa shape index (κ3) is 3.47. The van der Waals surface area contributed by atoms with Gasteiger partial charge in [0.2, 0.25) is 0 Å². The normalized spacial score (nSPS) is 19.0. The van der Waals surface area contributed by atoms with E-state index in [1.165, 1.54) is 4.90 Å². The Kier molecular flexibility index (Phi) is 4.94. The highest BCUT2D eigenvalue weighted by atomic mass is 16.2. The number of carbonyl (C=O) groups is 2. The number of urea groups is 1. The molecule has 2 aliphatic rings. The maximum Gasteiger partial charge on any atom is 0.327 e. The number of hydrogen-bond donors (Lipinski definition) is 0. The molecule has 0 aliphatic carbocycles. The second-order valence-corrected chi connectivity index (χ2v) is 8.54. The van der Waals surface area contributed by atoms with Crippen LogP contribution in [0.5, 0.6) is 0 Å². The summed E-state index contributed by atoms with van der Waals surface area (Å²) < 4.78 is 0. The minimum atomic E-state index is -0.728. The van der Waals surface area contributed by atoms with Gasteiger partial charge in [-0.15, -0.1) is 0 Å². The molecule has 2 aliphatic heterocycles. The quantitative estimate of drug-likeness (QED) is 0.612. The average Bonchev–Trinajstić information content (AvgIpc) is 2.97. The van der Waals surface area contributed by atoms with E-state index in [4.69, 9.17) is 0 Å². The molecule has 158 valence electrons. The third-order valence-corrected chi connectivity index (χ3v) is 6.75. The first-order valence-electron chi connectivity index (χ1n) is 10.8. The van der Waals surface area contributed by atoms with Crippen LogP contribution in [0.1, 0.15) is 24.1 Å². The van der Waals surface area contributed by atoms with Crippen molar-refractivity contribution in [2.75, 3.05) is 20.1 Å². The number of pyridine rings is 1. The lowest BCUT2D eigenvalue weighted by Gasteiger charge is -2.40. The Labute approximate surface area is 182 Å². The molecule has 0 N–H and O–H groups in total. The first-order valence-corrected chi connectivity index (χ1v) is 10.8. The van der Waals surface area contributed by atoms with Gasteiger partial charge in [0, 0.05) is 32.9 Å². The fourth-order valence-corrected chi connectivity index (χ4v) is 4.86. The highest BCUT2D eigenvalue weighted by Gasteiger charge is 2.56. The van der Waals surface area contributed by atoms with E-state index in [1.54, 1.807) is 18.1 Å². The predicted octanol–water partition coefficient (Wildman–Crippen LogP) is 3.66. The summed E-state index contributed by atoms with van der Waals surface area (Å²) in [5.41, 5.74) is 1.27. The van der Waals surface area contributed by atoms with Crippen molar-refractivity contribution in [2.24, 2.45) is 0 Å². The number of rotatable bonds is 4. The van der Waals surface area contributed by atoms with Crippen molar-refractivity contribution in [3.05, 3.63) is 78.1 Å². The fraction of sp³-hybridized carbons (Fsp3) is 0.320. The molecule has 3 aromatic rings. The van der Waals surface area contributed by atoms with Crippen LogP contribution >= 0.6 is 0 Å². The smallest absolute Gasteiger partial charge is 0.312 e. The maximum atomic E-state index is 13.5. The van der Waals surface area contributed by atoms with Crippen LogP contribution in [0.25, 0.3) is 10.8 Å². The summed E-state index contributed by atoms with van der Waals surface area (Å²) in [7, 11) is 1.77. The van der Waals surface area contributed by atoms with Gasteiger partial charge in [-0.1, -0.05) is 42.5 Å². The molecule has 5 rings (SSSR count). The molecular formula is C25H26N4O2. The zero-order valence-corrected chi connectivity index (χ0v) is 17.7. The maximum absolute atomic E-state index is 13.5. The summed E-state index contributed by atoms with van der Waals surface area (Å²) >= 11 is 0. The molecule has 1 aromatic heterocycles. The Hall–Kier alpha value is -3.25. The molecule has 2 fully saturated rings. The zero-order chi connectivity index (χ0) is 21.4. The Morgan fingerprint density at radius 3 is 2.39 bits per heavy atom. The lowest BCUT2D eigenvalue weighted by atomic mass is 9.86. The summed E-state index contributed by atoms with van der Waals surface area (Å²) in [6, 6.07) is 20.0. The van der Waals surface area contributed by atoms with Crippen LogP contribution in [0, 0.1) is 0 Å². The van der Waals surface area contributed by atoms with E-state index in [-0.39, 0.29) is 11.9 Å². The van der Waals surface area contributed by atoms with E-state index in [2.05, 4.69) is 28.1 Å². The number of benzene rings is 2. The summed E-state index contributed by atoms with van der Waals surface area (Å²) in [5, 5.41) is 2.27. The molecular weight excluding hydrogens is 388 g/mol. The van der Waals surface area contributed by atoms with Gasteiger partial charge < -0.3 is 4.90 Å². The molecule has 31 heavy (non-hydrogen) atoms. The van der Waals surface area contributed by atoms with E-state index in [9.17, 15) is 9.59 Å². The van der Waals surface area contributed by atoms with Crippen molar-refractivity contribution in [2.45, 2.75) is 31.5 Å². The van der Waals surface area contributed by atoms with Crippen molar-refractivity contribution < 1.29 is 9.59 Å². The van der Waals surface area contributed by atoms with Gasteiger partial charge in [0.05, 0.1) is 12.2 Å². The molecule has 0 atom stereocenters. The van der Waals surface area contributed by atoms with Crippen LogP contribution in [0.4, 0.5) is 4.79 Å². The molecule has 0 saturated carbocycles. The van der Waals surface area contributed by atoms with Crippen LogP contribution < -0.4 is 0 Å². The number of piperidine rings is 1. The topological polar surface area (TPSA) is 56.8 Å². The Bertz CT molecular complexity index is 1120. The van der Waals surface area contributed by atoms with Gasteiger partial charge in [0.15, 0.2) is 0 Å². The number of carbonyl (C=O) groups excluding carboxylic acids is 2. The van der Waals surface area contributed by atoms with Gasteiger partial charge in [-0.2, -0.15) is 0 Å². The van der Waals surface area contributed by atoms with E-state index < -0.39 is 5.54 Å². The van der Waals surface area contributed by atoms with Crippen molar-refractivity contribution in [1.82, 2.24) is 19.7 Å². The number of nitrogens with zero attached hydrogens (tertiary/aromatic N) is 4. The van der Waals surface area contributed by atoms with Gasteiger partial charge in [-0.05, 0) is 47.4 Å². The molecule has 3 amide bonds. The standard InChI is InChI=1S/C25H26N4O2/c1-27-24(31)29(17-19-9-10-20-6-2-3-7-21(20)16-19)23(30)25(27)11-14-28(15-12-25)18-22-8-4-5-13-26-22/h2-10,13,16H,11-12,14-15,17-18H2,1H3. The Balaban J connectivity index is 1.31. The molecule has 2 aromatic carbocycles. The van der Waals surface area contributed by atoms with E-state index >= 15 is 0 Å². The second kappa shape index (κ2) is 7.78. The Morgan fingerprint density at radius 1 is 0.903 bits per heavy atom. The highest BCUT2D eigenvalue weighted by molar-refractivity contribution is 6.07. The SMILES string of the molecule is CN1C(=O)N(Cc2ccc3ccccc3c2)C(=O)C12CCN(Cc1ccccn1)CC2. The van der Waals surface area contributed by atoms with Gasteiger partial charge in [0.1, 0.15) is 5.54 Å². The number of fused-ring (bicyclic) bond motifs is 1. The largest absolute Gasteiger partial charge is 0.327 e. The molecule has 6 heteroatoms. The highest BCUT2D eigenvalue weighted by Crippen LogP contribution is 2.37. The van der Waals surface area contributed by atoms with Crippen molar-refractivity contribution in [1.29, 1.82) is 0 Å². The van der Waals surface area contributed by atoms with Crippen LogP contribution in [0.2, 0.25) is 0 Å². The minimum absolute atomic E-state index is 0.0642. The first-order chi connectivity index (χ1) is 15.1. The number of likely N-dealkylation sites (tertiary alicyclic amines) is 1. The first kappa shape index (κ1) is 19.7. The molecule has 0 unspecified atom stereocenters. The summed E-state index contributed by atoms with van der Waals surface area (Å²) in [6.45, 7) is 2.61. The number of hydrogen-bond acceptors (Lipinski definition) is 4. The Morgan fingerprint density at radius 2 is 1.65 bits per heavy atom. The van der Waals surface area contributed by atoms with Crippen LogP contribution in [-0.2, 0) is 17.9 Å². The van der Waals surface area contributed by atoms with E-state index in [0.717, 1.165) is 41.7 Å². The zero-order valence-electron chi connectivity index (χ0n) is 17.7. The minimum Gasteiger partial charge on any atom is -0.312 e. The van der Waals surface area contributed by atoms with Crippen molar-refractivity contribution >= 4 is 22.7 Å². The van der Waals surface area contributed by atoms with Crippen molar-refractivity contribution in [3.63, 3.8) is 0 Å². The number of aromatic nitrogens is 1. The fourth-order valence-electron chi connectivity index (χ4n) is 4.86. The van der Waals surface area contributed by atoms with Crippen LogP contribution in [0.3, 0.4) is 0 Å². The van der Waals surface area contributed by atoms with Gasteiger partial charge in [-0.3, -0.25) is 19.6 Å². The van der Waals surface area contributed by atoms with Crippen molar-refractivity contribution in [3.8, 4) is 0 Å². The molecule has 2 saturated heterocycles. The number of imide groups is 1. The molecule has 1 spiro atoms. The second-order valence-electron chi connectivity index (χ2n) is 8.54. The van der Waals surface area contributed by atoms with E-state index in [0.29, 0.717) is 19.4 Å². The summed E-state index contributed by atoms with van der Waals surface area (Å²) in [6.07, 6.45) is 3.10. The average molecular weight is 415 g/mol. The van der Waals surface area contributed by atoms with Gasteiger partial charge in [0.25, 0.3) is 5.91 Å². The third-order valence-electron chi connectivity index (χ3n) is 6.75. The van der Waals surface area contributed by atoms with Crippen LogP contribution in [-0.4, -0.2) is 57.3 Å². The molecule has 0 radical (unpaired) electrons. The van der Waals surface area contributed by atoms with Gasteiger partial charge >= 0.3 is 6.03 Å². The summed E-state index contributed by atoms with van der Waals surface area (Å²) in [5.74, 6) is -0.0642. The molecule has 0 bridgehead atoms. The summed E-state index contributed by atoms with van der Waals surface area (Å²) in [4.78, 5) is 36.3. The van der Waals surface area contributed by atoms with E-state index in [1.807, 2.05) is 42.5 Å². The monoisotopic (exact) mass is 414 g/mol. The van der Waals surface area contributed by atoms with Crippen LogP contribution in [0.15, 0.2) is 66.9 Å². The molecule has 6 nitrogen and oxygen atoms in total.